The van der Waals surface area contributed by atoms with Crippen molar-refractivity contribution in [3.05, 3.63) is 0 Å². The molecule has 0 N–H and O–H groups in total. The van der Waals surface area contributed by atoms with Crippen LogP contribution in [0.25, 0.3) is 0 Å². The van der Waals surface area contributed by atoms with Crippen LogP contribution in [0, 0.1) is 5.41 Å². The lowest BCUT2D eigenvalue weighted by Gasteiger charge is -2.29. The lowest BCUT2D eigenvalue weighted by atomic mass is 9.87. The number of hydrogen-bond acceptors (Lipinski definition) is 1. The summed E-state index contributed by atoms with van der Waals surface area (Å²) in [4.78, 5) is 0. The van der Waals surface area contributed by atoms with Crippen LogP contribution in [-0.4, -0.2) is 16.1 Å². The first-order chi connectivity index (χ1) is 7.18. The van der Waals surface area contributed by atoms with Gasteiger partial charge in [-0.05, 0) is 38.5 Å². The summed E-state index contributed by atoms with van der Waals surface area (Å²) < 4.78 is 6.76. The molecule has 2 heteroatoms. The molecule has 1 unspecified atom stereocenters. The molecule has 0 aromatic carbocycles. The van der Waals surface area contributed by atoms with Crippen LogP contribution in [0.4, 0.5) is 0 Å². The van der Waals surface area contributed by atoms with Gasteiger partial charge in [-0.15, -0.1) is 0 Å². The summed E-state index contributed by atoms with van der Waals surface area (Å²) in [7, 11) is 0. The van der Waals surface area contributed by atoms with Crippen LogP contribution in [0.2, 0.25) is 0 Å². The maximum Gasteiger partial charge on any atom is 0.0626 e. The van der Waals surface area contributed by atoms with Crippen molar-refractivity contribution in [2.45, 2.75) is 76.8 Å². The minimum atomic E-state index is 0.0449. The van der Waals surface area contributed by atoms with E-state index in [1.807, 2.05) is 0 Å². The molecular formula is C14H29IO. The average molecular weight is 340 g/mol. The quantitative estimate of drug-likeness (QED) is 0.435. The predicted molar refractivity (Wildman–Crippen MR) is 81.4 cm³/mol. The fourth-order valence-electron chi connectivity index (χ4n) is 1.40. The van der Waals surface area contributed by atoms with Gasteiger partial charge < -0.3 is 4.74 Å². The molecule has 16 heavy (non-hydrogen) atoms. The van der Waals surface area contributed by atoms with Gasteiger partial charge in [0.2, 0.25) is 0 Å². The zero-order valence-corrected chi connectivity index (χ0v) is 14.1. The Morgan fingerprint density at radius 2 is 1.69 bits per heavy atom. The van der Waals surface area contributed by atoms with Gasteiger partial charge >= 0.3 is 0 Å². The fourth-order valence-corrected chi connectivity index (χ4v) is 1.71. The zero-order valence-electron chi connectivity index (χ0n) is 11.9. The van der Waals surface area contributed by atoms with E-state index in [1.165, 1.54) is 12.8 Å². The lowest BCUT2D eigenvalue weighted by Crippen LogP contribution is -2.27. The van der Waals surface area contributed by atoms with Gasteiger partial charge in [0, 0.05) is 10.5 Å². The van der Waals surface area contributed by atoms with Crippen molar-refractivity contribution < 1.29 is 4.74 Å². The van der Waals surface area contributed by atoms with Crippen molar-refractivity contribution in [1.82, 2.24) is 0 Å². The Bertz CT molecular complexity index is 185. The van der Waals surface area contributed by atoms with Crippen LogP contribution in [0.1, 0.15) is 67.2 Å². The third kappa shape index (κ3) is 8.80. The van der Waals surface area contributed by atoms with E-state index in [9.17, 15) is 0 Å². The minimum absolute atomic E-state index is 0.0449. The molecule has 0 aromatic rings. The molecule has 0 saturated heterocycles. The van der Waals surface area contributed by atoms with Crippen LogP contribution in [-0.2, 0) is 4.74 Å². The van der Waals surface area contributed by atoms with Crippen molar-refractivity contribution in [2.75, 3.05) is 6.61 Å². The van der Waals surface area contributed by atoms with Gasteiger partial charge in [-0.25, -0.2) is 0 Å². The Morgan fingerprint density at radius 1 is 1.12 bits per heavy atom. The first kappa shape index (κ1) is 16.7. The Kier molecular flexibility index (Phi) is 7.51. The molecule has 0 aromatic heterocycles. The number of rotatable bonds is 8. The molecule has 0 bridgehead atoms. The molecule has 0 amide bonds. The van der Waals surface area contributed by atoms with Gasteiger partial charge in [0.15, 0.2) is 0 Å². The lowest BCUT2D eigenvalue weighted by molar-refractivity contribution is -0.0353. The van der Waals surface area contributed by atoms with E-state index < -0.39 is 0 Å². The van der Waals surface area contributed by atoms with E-state index in [2.05, 4.69) is 64.1 Å². The Morgan fingerprint density at radius 3 is 2.12 bits per heavy atom. The zero-order chi connectivity index (χ0) is 12.8. The molecule has 0 rings (SSSR count). The molecule has 0 aliphatic rings. The van der Waals surface area contributed by atoms with E-state index in [-0.39, 0.29) is 5.60 Å². The third-order valence-corrected chi connectivity index (χ3v) is 4.00. The third-order valence-electron chi connectivity index (χ3n) is 3.37. The van der Waals surface area contributed by atoms with E-state index >= 15 is 0 Å². The molecule has 1 atom stereocenters. The Labute approximate surface area is 116 Å². The van der Waals surface area contributed by atoms with Gasteiger partial charge in [-0.3, -0.25) is 0 Å². The number of hydrogen-bond donors (Lipinski definition) is 0. The summed E-state index contributed by atoms with van der Waals surface area (Å²) in [5.74, 6) is 0. The monoisotopic (exact) mass is 340 g/mol. The van der Waals surface area contributed by atoms with Crippen LogP contribution >= 0.6 is 22.6 Å². The first-order valence-electron chi connectivity index (χ1n) is 6.46. The van der Waals surface area contributed by atoms with E-state index in [1.54, 1.807) is 0 Å². The normalized spacial score (nSPS) is 15.2. The van der Waals surface area contributed by atoms with Gasteiger partial charge in [0.25, 0.3) is 0 Å². The highest BCUT2D eigenvalue weighted by Gasteiger charge is 2.21. The van der Waals surface area contributed by atoms with Crippen LogP contribution < -0.4 is 0 Å². The molecular weight excluding hydrogens is 311 g/mol. The largest absolute Gasteiger partial charge is 0.376 e. The van der Waals surface area contributed by atoms with Crippen LogP contribution in [0.3, 0.4) is 0 Å². The van der Waals surface area contributed by atoms with Crippen molar-refractivity contribution in [2.24, 2.45) is 5.41 Å². The summed E-state index contributed by atoms with van der Waals surface area (Å²) in [6.07, 6.45) is 4.78. The molecule has 0 fully saturated rings. The van der Waals surface area contributed by atoms with Gasteiger partial charge in [0.1, 0.15) is 0 Å². The molecule has 0 spiro atoms. The van der Waals surface area contributed by atoms with Gasteiger partial charge in [0.05, 0.1) is 5.60 Å². The summed E-state index contributed by atoms with van der Waals surface area (Å²) in [5.41, 5.74) is 0.468. The molecule has 0 heterocycles. The summed E-state index contributed by atoms with van der Waals surface area (Å²) in [6.45, 7) is 14.5. The number of ether oxygens (including phenoxy) is 1. The highest BCUT2D eigenvalue weighted by atomic mass is 127. The average Bonchev–Trinajstić information content (AvgIpc) is 2.14. The second-order valence-electron chi connectivity index (χ2n) is 6.20. The van der Waals surface area contributed by atoms with E-state index in [4.69, 9.17) is 4.74 Å². The van der Waals surface area contributed by atoms with Crippen LogP contribution in [0.5, 0.6) is 0 Å². The van der Waals surface area contributed by atoms with Crippen molar-refractivity contribution >= 4 is 22.6 Å². The molecule has 0 aliphatic heterocycles. The summed E-state index contributed by atoms with van der Waals surface area (Å²) >= 11 is 2.48. The van der Waals surface area contributed by atoms with Gasteiger partial charge in [-0.2, -0.15) is 0 Å². The highest BCUT2D eigenvalue weighted by Crippen LogP contribution is 2.26. The standard InChI is InChI=1S/C14H29IO/c1-7-13(3,4)10-11-16-14(5,6)9-8-12(2)15/h12H,7-11H2,1-6H3. The van der Waals surface area contributed by atoms with Crippen molar-refractivity contribution in [3.8, 4) is 0 Å². The Hall–Kier alpha value is 0.690. The molecule has 0 saturated carbocycles. The second-order valence-corrected chi connectivity index (χ2v) is 8.32. The molecule has 1 nitrogen and oxygen atoms in total. The summed E-state index contributed by atoms with van der Waals surface area (Å²) in [5, 5.41) is 0. The SMILES string of the molecule is CCC(C)(C)CCOC(C)(C)CCC(C)I. The smallest absolute Gasteiger partial charge is 0.0626 e. The maximum atomic E-state index is 6.01. The predicted octanol–water partition coefficient (Wildman–Crippen LogP) is 5.21. The van der Waals surface area contributed by atoms with E-state index in [0.717, 1.165) is 23.4 Å². The highest BCUT2D eigenvalue weighted by molar-refractivity contribution is 14.1. The van der Waals surface area contributed by atoms with Crippen LogP contribution in [0.15, 0.2) is 0 Å². The maximum absolute atomic E-state index is 6.01. The van der Waals surface area contributed by atoms with E-state index in [0.29, 0.717) is 5.41 Å². The Balaban J connectivity index is 3.82. The number of alkyl halides is 1. The minimum Gasteiger partial charge on any atom is -0.376 e. The summed E-state index contributed by atoms with van der Waals surface area (Å²) in [6, 6.07) is 0. The number of halogens is 1. The molecule has 0 aliphatic carbocycles. The molecule has 0 radical (unpaired) electrons. The molecule has 98 valence electrons. The first-order valence-corrected chi connectivity index (χ1v) is 7.71. The second kappa shape index (κ2) is 7.20. The topological polar surface area (TPSA) is 9.23 Å². The van der Waals surface area contributed by atoms with Crippen molar-refractivity contribution in [3.63, 3.8) is 0 Å². The fraction of sp³-hybridized carbons (Fsp3) is 1.00. The van der Waals surface area contributed by atoms with Crippen molar-refractivity contribution in [1.29, 1.82) is 0 Å². The van der Waals surface area contributed by atoms with Gasteiger partial charge in [-0.1, -0.05) is 56.7 Å².